The molecule has 0 fully saturated rings. The fourth-order valence-corrected chi connectivity index (χ4v) is 5.85. The van der Waals surface area contributed by atoms with Gasteiger partial charge in [0.15, 0.2) is 0 Å². The first-order valence-electron chi connectivity index (χ1n) is 11.9. The number of carbonyl (C=O) groups is 1. The number of aromatic nitrogens is 1. The van der Waals surface area contributed by atoms with E-state index in [1.165, 1.54) is 0 Å². The van der Waals surface area contributed by atoms with Crippen LogP contribution in [0.2, 0.25) is 6.04 Å². The Morgan fingerprint density at radius 2 is 1.74 bits per heavy atom. The molecule has 0 saturated heterocycles. The van der Waals surface area contributed by atoms with E-state index in [0.717, 1.165) is 5.69 Å². The number of hydrogen-bond acceptors (Lipinski definition) is 10. The first-order valence-corrected chi connectivity index (χ1v) is 13.8. The number of ether oxygens (including phenoxy) is 1. The molecule has 1 N–H and O–H groups in total. The van der Waals surface area contributed by atoms with E-state index in [-0.39, 0.29) is 6.61 Å². The van der Waals surface area contributed by atoms with Gasteiger partial charge in [0, 0.05) is 51.2 Å². The van der Waals surface area contributed by atoms with Crippen molar-refractivity contribution in [1.82, 2.24) is 10.5 Å². The number of azo groups is 1. The largest absolute Gasteiger partial charge is 0.500 e. The summed E-state index contributed by atoms with van der Waals surface area (Å²) < 4.78 is 27.7. The van der Waals surface area contributed by atoms with E-state index in [1.54, 1.807) is 13.0 Å². The molecule has 0 spiro atoms. The predicted molar refractivity (Wildman–Crippen MR) is 135 cm³/mol. The van der Waals surface area contributed by atoms with E-state index < -0.39 is 14.9 Å². The zero-order chi connectivity index (χ0) is 25.5. The number of anilines is 1. The Morgan fingerprint density at radius 1 is 1.09 bits per heavy atom. The molecule has 0 atom stereocenters. The molecular weight excluding hydrogens is 470 g/mol. The molecule has 194 valence electrons. The minimum atomic E-state index is -2.69. The van der Waals surface area contributed by atoms with Crippen molar-refractivity contribution in [1.29, 1.82) is 0 Å². The van der Waals surface area contributed by atoms with Crippen LogP contribution in [0, 0.1) is 6.92 Å². The van der Waals surface area contributed by atoms with Gasteiger partial charge in [0.1, 0.15) is 12.4 Å². The van der Waals surface area contributed by atoms with Gasteiger partial charge in [-0.05, 0) is 58.4 Å². The van der Waals surface area contributed by atoms with Crippen molar-refractivity contribution in [2.24, 2.45) is 10.2 Å². The number of nitrogens with zero attached hydrogens (tertiary/aromatic N) is 4. The number of rotatable bonds is 16. The molecule has 11 nitrogen and oxygen atoms in total. The van der Waals surface area contributed by atoms with Crippen LogP contribution in [0.3, 0.4) is 0 Å². The SMILES string of the molecule is CCO[Si](CCCNC(=O)OCCN(C)c1ccc(N=Nc2cc(C)on2)cc1)(OCC)OCC. The summed E-state index contributed by atoms with van der Waals surface area (Å²) in [5.41, 5.74) is 1.66. The number of likely N-dealkylation sites (N-methyl/N-ethyl adjacent to an activating group) is 1. The lowest BCUT2D eigenvalue weighted by Crippen LogP contribution is -2.46. The highest BCUT2D eigenvalue weighted by molar-refractivity contribution is 6.60. The van der Waals surface area contributed by atoms with Gasteiger partial charge in [-0.25, -0.2) is 4.79 Å². The molecule has 1 heterocycles. The minimum absolute atomic E-state index is 0.255. The molecule has 1 aromatic carbocycles. The van der Waals surface area contributed by atoms with Crippen LogP contribution < -0.4 is 10.2 Å². The summed E-state index contributed by atoms with van der Waals surface area (Å²) in [6.45, 7) is 10.4. The highest BCUT2D eigenvalue weighted by Crippen LogP contribution is 2.21. The molecule has 0 bridgehead atoms. The van der Waals surface area contributed by atoms with Gasteiger partial charge < -0.3 is 32.8 Å². The topological polar surface area (TPSA) is 120 Å². The number of amides is 1. The van der Waals surface area contributed by atoms with Crippen molar-refractivity contribution in [2.75, 3.05) is 51.5 Å². The normalized spacial score (nSPS) is 11.7. The zero-order valence-electron chi connectivity index (χ0n) is 21.3. The van der Waals surface area contributed by atoms with E-state index in [9.17, 15) is 4.79 Å². The van der Waals surface area contributed by atoms with Crippen LogP contribution in [0.5, 0.6) is 0 Å². The molecule has 1 amide bonds. The third-order valence-corrected chi connectivity index (χ3v) is 8.01. The Labute approximate surface area is 208 Å². The summed E-state index contributed by atoms with van der Waals surface area (Å²) in [4.78, 5) is 14.0. The fourth-order valence-electron chi connectivity index (χ4n) is 3.24. The van der Waals surface area contributed by atoms with Gasteiger partial charge in [0.25, 0.3) is 0 Å². The molecule has 35 heavy (non-hydrogen) atoms. The Kier molecular flexibility index (Phi) is 12.4. The molecule has 2 rings (SSSR count). The van der Waals surface area contributed by atoms with Gasteiger partial charge in [-0.3, -0.25) is 0 Å². The lowest BCUT2D eigenvalue weighted by atomic mass is 10.2. The average Bonchev–Trinajstić information content (AvgIpc) is 3.26. The second-order valence-corrected chi connectivity index (χ2v) is 10.3. The number of alkyl carbamates (subject to hydrolysis) is 1. The summed E-state index contributed by atoms with van der Waals surface area (Å²) in [7, 11) is -0.764. The van der Waals surface area contributed by atoms with E-state index >= 15 is 0 Å². The van der Waals surface area contributed by atoms with Crippen LogP contribution in [-0.4, -0.2) is 66.6 Å². The van der Waals surface area contributed by atoms with E-state index in [1.807, 2.05) is 57.0 Å². The molecule has 0 radical (unpaired) electrons. The standard InChI is InChI=1S/C23H37N5O6Si/c1-6-31-35(32-7-2,33-8-3)17-9-14-24-23(29)30-16-15-28(5)21-12-10-20(11-13-21)25-26-22-18-19(4)34-27-22/h10-13,18H,6-9,14-17H2,1-5H3,(H,24,29). The van der Waals surface area contributed by atoms with Crippen LogP contribution >= 0.6 is 0 Å². The average molecular weight is 508 g/mol. The van der Waals surface area contributed by atoms with Gasteiger partial charge in [-0.2, -0.15) is 0 Å². The zero-order valence-corrected chi connectivity index (χ0v) is 22.3. The smallest absolute Gasteiger partial charge is 0.448 e. The number of nitrogens with one attached hydrogen (secondary N) is 1. The Morgan fingerprint density at radius 3 is 2.31 bits per heavy atom. The van der Waals surface area contributed by atoms with Gasteiger partial charge in [-0.15, -0.1) is 10.2 Å². The molecular formula is C23H37N5O6Si. The Bertz CT molecular complexity index is 891. The Balaban J connectivity index is 1.68. The number of carbonyl (C=O) groups excluding carboxylic acids is 1. The van der Waals surface area contributed by atoms with Crippen molar-refractivity contribution in [2.45, 2.75) is 40.2 Å². The second kappa shape index (κ2) is 15.2. The highest BCUT2D eigenvalue weighted by Gasteiger charge is 2.39. The van der Waals surface area contributed by atoms with Crippen LogP contribution in [0.1, 0.15) is 33.0 Å². The van der Waals surface area contributed by atoms with E-state index in [4.69, 9.17) is 22.5 Å². The summed E-state index contributed by atoms with van der Waals surface area (Å²) in [5, 5.41) is 14.7. The summed E-state index contributed by atoms with van der Waals surface area (Å²) in [6.07, 6.45) is 0.231. The number of aryl methyl sites for hydroxylation is 1. The molecule has 0 saturated carbocycles. The summed E-state index contributed by atoms with van der Waals surface area (Å²) >= 11 is 0. The van der Waals surface area contributed by atoms with Crippen molar-refractivity contribution in [3.05, 3.63) is 36.1 Å². The molecule has 12 heteroatoms. The van der Waals surface area contributed by atoms with Crippen molar-refractivity contribution < 1.29 is 27.3 Å². The van der Waals surface area contributed by atoms with Crippen LogP contribution in [0.4, 0.5) is 22.0 Å². The quantitative estimate of drug-likeness (QED) is 0.191. The van der Waals surface area contributed by atoms with Crippen LogP contribution in [0.25, 0.3) is 0 Å². The molecule has 0 aliphatic heterocycles. The van der Waals surface area contributed by atoms with Gasteiger partial charge in [0.2, 0.25) is 5.82 Å². The van der Waals surface area contributed by atoms with Gasteiger partial charge in [-0.1, -0.05) is 5.16 Å². The summed E-state index contributed by atoms with van der Waals surface area (Å²) in [5.74, 6) is 1.11. The van der Waals surface area contributed by atoms with Gasteiger partial charge >= 0.3 is 14.9 Å². The third-order valence-electron chi connectivity index (χ3n) is 4.86. The molecule has 0 unspecified atom stereocenters. The maximum absolute atomic E-state index is 12.0. The maximum atomic E-state index is 12.0. The number of hydrogen-bond donors (Lipinski definition) is 1. The first-order chi connectivity index (χ1) is 16.9. The monoisotopic (exact) mass is 507 g/mol. The maximum Gasteiger partial charge on any atom is 0.500 e. The highest BCUT2D eigenvalue weighted by atomic mass is 28.4. The van der Waals surface area contributed by atoms with Crippen LogP contribution in [-0.2, 0) is 18.0 Å². The fraction of sp³-hybridized carbons (Fsp3) is 0.565. The number of benzene rings is 1. The van der Waals surface area contributed by atoms with Crippen molar-refractivity contribution >= 4 is 32.1 Å². The minimum Gasteiger partial charge on any atom is -0.448 e. The Hall–Kier alpha value is -2.80. The lowest BCUT2D eigenvalue weighted by molar-refractivity contribution is 0.0706. The first kappa shape index (κ1) is 28.4. The van der Waals surface area contributed by atoms with E-state index in [2.05, 4.69) is 20.7 Å². The van der Waals surface area contributed by atoms with Crippen molar-refractivity contribution in [3.8, 4) is 0 Å². The molecule has 0 aliphatic carbocycles. The van der Waals surface area contributed by atoms with Gasteiger partial charge in [0.05, 0.1) is 12.2 Å². The third kappa shape index (κ3) is 10.1. The molecule has 2 aromatic rings. The van der Waals surface area contributed by atoms with E-state index in [0.29, 0.717) is 62.6 Å². The van der Waals surface area contributed by atoms with Crippen molar-refractivity contribution in [3.63, 3.8) is 0 Å². The lowest BCUT2D eigenvalue weighted by Gasteiger charge is -2.28. The predicted octanol–water partition coefficient (Wildman–Crippen LogP) is 5.00. The van der Waals surface area contributed by atoms with Crippen LogP contribution in [0.15, 0.2) is 45.1 Å². The molecule has 1 aromatic heterocycles. The molecule has 0 aliphatic rings. The second-order valence-electron chi connectivity index (χ2n) is 7.58. The summed E-state index contributed by atoms with van der Waals surface area (Å²) in [6, 6.07) is 9.90.